The van der Waals surface area contributed by atoms with Crippen LogP contribution in [0.2, 0.25) is 0 Å². The van der Waals surface area contributed by atoms with Gasteiger partial charge < -0.3 is 10.6 Å². The van der Waals surface area contributed by atoms with Gasteiger partial charge in [0.15, 0.2) is 5.96 Å². The summed E-state index contributed by atoms with van der Waals surface area (Å²) in [5, 5.41) is 0. The smallest absolute Gasteiger partial charge is 0.192 e. The number of benzene rings is 2. The second-order valence-corrected chi connectivity index (χ2v) is 7.67. The van der Waals surface area contributed by atoms with Crippen LogP contribution in [0.25, 0.3) is 0 Å². The van der Waals surface area contributed by atoms with E-state index in [1.54, 1.807) is 0 Å². The Morgan fingerprint density at radius 1 is 1.12 bits per heavy atom. The minimum Gasteiger partial charge on any atom is -0.370 e. The number of hydrogen-bond donors (Lipinski definition) is 1. The molecule has 1 atom stereocenters. The van der Waals surface area contributed by atoms with Crippen LogP contribution in [-0.2, 0) is 13.0 Å². The fourth-order valence-corrected chi connectivity index (χ4v) is 3.59. The van der Waals surface area contributed by atoms with E-state index in [4.69, 9.17) is 10.7 Å². The highest BCUT2D eigenvalue weighted by atomic mass is 79.9. The van der Waals surface area contributed by atoms with E-state index < -0.39 is 0 Å². The van der Waals surface area contributed by atoms with Gasteiger partial charge in [0.2, 0.25) is 0 Å². The van der Waals surface area contributed by atoms with Crippen LogP contribution >= 0.6 is 15.9 Å². The first-order valence-electron chi connectivity index (χ1n) is 8.43. The molecule has 2 aromatic carbocycles. The van der Waals surface area contributed by atoms with Gasteiger partial charge in [0.1, 0.15) is 0 Å². The predicted molar refractivity (Wildman–Crippen MR) is 104 cm³/mol. The van der Waals surface area contributed by atoms with E-state index in [0.717, 1.165) is 36.8 Å². The lowest BCUT2D eigenvalue weighted by molar-refractivity contribution is 0.286. The number of guanidine groups is 1. The minimum atomic E-state index is -0.0699. The van der Waals surface area contributed by atoms with Gasteiger partial charge in [0, 0.05) is 17.6 Å². The molecule has 2 aromatic rings. The van der Waals surface area contributed by atoms with Crippen molar-refractivity contribution in [2.75, 3.05) is 6.54 Å². The van der Waals surface area contributed by atoms with E-state index >= 15 is 0 Å². The lowest BCUT2D eigenvalue weighted by Crippen LogP contribution is -2.46. The van der Waals surface area contributed by atoms with Crippen LogP contribution in [0.3, 0.4) is 0 Å². The number of aryl methyl sites for hydroxylation is 1. The van der Waals surface area contributed by atoms with E-state index in [0.29, 0.717) is 5.96 Å². The maximum absolute atomic E-state index is 6.26. The molecule has 0 amide bonds. The van der Waals surface area contributed by atoms with Crippen LogP contribution < -0.4 is 5.73 Å². The molecule has 3 rings (SSSR count). The normalized spacial score (nSPS) is 20.8. The lowest BCUT2D eigenvalue weighted by atomic mass is 9.89. The summed E-state index contributed by atoms with van der Waals surface area (Å²) in [5.41, 5.74) is 8.80. The number of halogens is 1. The Morgan fingerprint density at radius 2 is 1.88 bits per heavy atom. The molecule has 0 fully saturated rings. The quantitative estimate of drug-likeness (QED) is 0.830. The fourth-order valence-electron chi connectivity index (χ4n) is 3.14. The summed E-state index contributed by atoms with van der Waals surface area (Å²) >= 11 is 3.54. The summed E-state index contributed by atoms with van der Waals surface area (Å²) in [6, 6.07) is 18.9. The van der Waals surface area contributed by atoms with Crippen molar-refractivity contribution in [3.05, 3.63) is 70.2 Å². The summed E-state index contributed by atoms with van der Waals surface area (Å²) in [7, 11) is 0. The Hall–Kier alpha value is -1.81. The molecule has 2 N–H and O–H groups in total. The van der Waals surface area contributed by atoms with Crippen molar-refractivity contribution < 1.29 is 0 Å². The molecule has 0 saturated heterocycles. The van der Waals surface area contributed by atoms with Crippen molar-refractivity contribution in [1.82, 2.24) is 4.90 Å². The van der Waals surface area contributed by atoms with Gasteiger partial charge in [0.25, 0.3) is 0 Å². The molecule has 1 unspecified atom stereocenters. The summed E-state index contributed by atoms with van der Waals surface area (Å²) in [4.78, 5) is 7.01. The van der Waals surface area contributed by atoms with Gasteiger partial charge in [-0.15, -0.1) is 0 Å². The zero-order valence-electron chi connectivity index (χ0n) is 14.1. The van der Waals surface area contributed by atoms with E-state index in [-0.39, 0.29) is 5.54 Å². The highest BCUT2D eigenvalue weighted by molar-refractivity contribution is 9.10. The highest BCUT2D eigenvalue weighted by Gasteiger charge is 2.29. The van der Waals surface area contributed by atoms with Crippen LogP contribution in [0.1, 0.15) is 30.9 Å². The van der Waals surface area contributed by atoms with Gasteiger partial charge >= 0.3 is 0 Å². The van der Waals surface area contributed by atoms with Crippen LogP contribution in [0.5, 0.6) is 0 Å². The molecular weight excluding hydrogens is 362 g/mol. The first-order chi connectivity index (χ1) is 11.5. The number of aliphatic imine (C=N–C) groups is 1. The standard InChI is InChI=1S/C20H24BrN3/c1-20(11-10-16-8-5-9-18(21)14-16)12-13-24(19(22)23-20)15-17-6-3-2-4-7-17/h2-9,14H,10-13,15H2,1H3,(H2,22,23). The maximum Gasteiger partial charge on any atom is 0.192 e. The van der Waals surface area contributed by atoms with Crippen LogP contribution in [0.15, 0.2) is 64.1 Å². The lowest BCUT2D eigenvalue weighted by Gasteiger charge is -2.36. The highest BCUT2D eigenvalue weighted by Crippen LogP contribution is 2.27. The Balaban J connectivity index is 1.63. The molecule has 0 aliphatic carbocycles. The second kappa shape index (κ2) is 7.39. The number of rotatable bonds is 5. The summed E-state index contributed by atoms with van der Waals surface area (Å²) in [5.74, 6) is 0.668. The molecule has 3 nitrogen and oxygen atoms in total. The van der Waals surface area contributed by atoms with Crippen molar-refractivity contribution in [1.29, 1.82) is 0 Å². The van der Waals surface area contributed by atoms with Crippen molar-refractivity contribution >= 4 is 21.9 Å². The van der Waals surface area contributed by atoms with Gasteiger partial charge in [-0.3, -0.25) is 0 Å². The van der Waals surface area contributed by atoms with Crippen LogP contribution in [-0.4, -0.2) is 22.9 Å². The predicted octanol–water partition coefficient (Wildman–Crippen LogP) is 4.36. The van der Waals surface area contributed by atoms with Gasteiger partial charge in [-0.1, -0.05) is 58.4 Å². The SMILES string of the molecule is CC1(CCc2cccc(Br)c2)CCN(Cc2ccccc2)C(N)=N1. The molecular formula is C20H24BrN3. The van der Waals surface area contributed by atoms with Crippen LogP contribution in [0.4, 0.5) is 0 Å². The topological polar surface area (TPSA) is 41.6 Å². The number of hydrogen-bond acceptors (Lipinski definition) is 3. The molecule has 24 heavy (non-hydrogen) atoms. The molecule has 0 spiro atoms. The zero-order valence-corrected chi connectivity index (χ0v) is 15.7. The third-order valence-electron chi connectivity index (χ3n) is 4.69. The largest absolute Gasteiger partial charge is 0.370 e. The molecule has 4 heteroatoms. The molecule has 0 saturated carbocycles. The minimum absolute atomic E-state index is 0.0699. The van der Waals surface area contributed by atoms with E-state index in [1.165, 1.54) is 11.1 Å². The fraction of sp³-hybridized carbons (Fsp3) is 0.350. The molecule has 1 aliphatic rings. The third-order valence-corrected chi connectivity index (χ3v) is 5.18. The summed E-state index contributed by atoms with van der Waals surface area (Å²) < 4.78 is 1.13. The average Bonchev–Trinajstić information content (AvgIpc) is 2.57. The monoisotopic (exact) mass is 385 g/mol. The molecule has 0 radical (unpaired) electrons. The van der Waals surface area contributed by atoms with Gasteiger partial charge in [-0.2, -0.15) is 0 Å². The zero-order chi connectivity index (χ0) is 17.0. The third kappa shape index (κ3) is 4.38. The second-order valence-electron chi connectivity index (χ2n) is 6.75. The number of nitrogens with two attached hydrogens (primary N) is 1. The Morgan fingerprint density at radius 3 is 2.58 bits per heavy atom. The van der Waals surface area contributed by atoms with Crippen molar-refractivity contribution in [2.45, 2.75) is 38.3 Å². The molecule has 126 valence electrons. The number of nitrogens with zero attached hydrogens (tertiary/aromatic N) is 2. The molecule has 1 aliphatic heterocycles. The van der Waals surface area contributed by atoms with E-state index in [9.17, 15) is 0 Å². The van der Waals surface area contributed by atoms with Gasteiger partial charge in [-0.05, 0) is 49.4 Å². The Labute approximate surface area is 152 Å². The first kappa shape index (κ1) is 17.0. The maximum atomic E-state index is 6.26. The summed E-state index contributed by atoms with van der Waals surface area (Å²) in [6.07, 6.45) is 3.07. The molecule has 0 aromatic heterocycles. The van der Waals surface area contributed by atoms with E-state index in [1.807, 2.05) is 6.07 Å². The van der Waals surface area contributed by atoms with Crippen molar-refractivity contribution in [3.8, 4) is 0 Å². The van der Waals surface area contributed by atoms with Gasteiger partial charge in [-0.25, -0.2) is 4.99 Å². The molecule has 1 heterocycles. The van der Waals surface area contributed by atoms with Crippen LogP contribution in [0, 0.1) is 0 Å². The Bertz CT molecular complexity index is 714. The van der Waals surface area contributed by atoms with Crippen molar-refractivity contribution in [2.24, 2.45) is 10.7 Å². The van der Waals surface area contributed by atoms with E-state index in [2.05, 4.69) is 76.3 Å². The Kier molecular flexibility index (Phi) is 5.24. The van der Waals surface area contributed by atoms with Crippen molar-refractivity contribution in [3.63, 3.8) is 0 Å². The van der Waals surface area contributed by atoms with Gasteiger partial charge in [0.05, 0.1) is 5.54 Å². The first-order valence-corrected chi connectivity index (χ1v) is 9.22. The average molecular weight is 386 g/mol. The molecule has 0 bridgehead atoms. The summed E-state index contributed by atoms with van der Waals surface area (Å²) in [6.45, 7) is 4.01.